The average molecular weight is 303 g/mol. The molecule has 0 aliphatic heterocycles. The molecular weight excluding hydrogens is 290 g/mol. The van der Waals surface area contributed by atoms with Gasteiger partial charge in [-0.25, -0.2) is 4.79 Å². The van der Waals surface area contributed by atoms with Crippen molar-refractivity contribution in [2.45, 2.75) is 6.92 Å². The summed E-state index contributed by atoms with van der Waals surface area (Å²) in [6, 6.07) is 13.9. The Labute approximate surface area is 132 Å². The number of hydrogen-bond acceptors (Lipinski definition) is 2. The summed E-state index contributed by atoms with van der Waals surface area (Å²) >= 11 is 0. The Hall–Kier alpha value is -3.32. The van der Waals surface area contributed by atoms with E-state index in [9.17, 15) is 9.59 Å². The number of fused-ring (bicyclic) bond motifs is 1. The Kier molecular flexibility index (Phi) is 3.70. The summed E-state index contributed by atoms with van der Waals surface area (Å²) in [6.45, 7) is 1.85. The van der Waals surface area contributed by atoms with Crippen LogP contribution >= 0.6 is 0 Å². The molecule has 0 radical (unpaired) electrons. The lowest BCUT2D eigenvalue weighted by Crippen LogP contribution is -2.09. The smallest absolute Gasteiger partial charge is 0.335 e. The number of nitrogens with one attached hydrogen (secondary N) is 1. The first-order valence-electron chi connectivity index (χ1n) is 7.02. The van der Waals surface area contributed by atoms with Crippen LogP contribution in [0.25, 0.3) is 10.9 Å². The van der Waals surface area contributed by atoms with Crippen molar-refractivity contribution >= 4 is 16.9 Å². The highest BCUT2D eigenvalue weighted by atomic mass is 16.4. The van der Waals surface area contributed by atoms with E-state index in [1.54, 1.807) is 12.1 Å². The van der Waals surface area contributed by atoms with Crippen LogP contribution < -0.4 is 5.56 Å². The van der Waals surface area contributed by atoms with E-state index >= 15 is 0 Å². The van der Waals surface area contributed by atoms with Gasteiger partial charge in [-0.2, -0.15) is 0 Å². The van der Waals surface area contributed by atoms with Gasteiger partial charge in [0.15, 0.2) is 0 Å². The summed E-state index contributed by atoms with van der Waals surface area (Å²) in [5, 5.41) is 9.94. The topological polar surface area (TPSA) is 70.2 Å². The molecule has 0 spiro atoms. The van der Waals surface area contributed by atoms with E-state index in [-0.39, 0.29) is 11.1 Å². The van der Waals surface area contributed by atoms with Crippen LogP contribution in [0.4, 0.5) is 0 Å². The number of H-pyrrole nitrogens is 1. The molecule has 1 aromatic heterocycles. The Bertz CT molecular complexity index is 1040. The molecule has 0 fully saturated rings. The van der Waals surface area contributed by atoms with Crippen molar-refractivity contribution in [2.75, 3.05) is 0 Å². The lowest BCUT2D eigenvalue weighted by molar-refractivity contribution is 0.0697. The van der Waals surface area contributed by atoms with Gasteiger partial charge in [-0.1, -0.05) is 36.1 Å². The highest BCUT2D eigenvalue weighted by Gasteiger charge is 2.05. The summed E-state index contributed by atoms with van der Waals surface area (Å²) < 4.78 is 0. The fourth-order valence-electron chi connectivity index (χ4n) is 2.26. The number of aromatic carboxylic acids is 1. The van der Waals surface area contributed by atoms with Gasteiger partial charge in [0.05, 0.1) is 11.1 Å². The molecule has 0 saturated carbocycles. The zero-order valence-electron chi connectivity index (χ0n) is 12.4. The molecule has 112 valence electrons. The van der Waals surface area contributed by atoms with Gasteiger partial charge in [0.1, 0.15) is 0 Å². The van der Waals surface area contributed by atoms with Crippen LogP contribution in [0.2, 0.25) is 0 Å². The van der Waals surface area contributed by atoms with Crippen molar-refractivity contribution in [1.82, 2.24) is 4.98 Å². The first-order chi connectivity index (χ1) is 11.0. The van der Waals surface area contributed by atoms with Gasteiger partial charge in [-0.05, 0) is 42.1 Å². The number of carbonyl (C=O) groups is 1. The Balaban J connectivity index is 2.08. The SMILES string of the molecule is Cc1ccc(C(=O)O)cc1C#Cc1cc2ccccc2[nH]c1=O. The van der Waals surface area contributed by atoms with Gasteiger partial charge in [-0.15, -0.1) is 0 Å². The van der Waals surface area contributed by atoms with E-state index in [1.807, 2.05) is 31.2 Å². The number of aromatic nitrogens is 1. The molecule has 0 atom stereocenters. The van der Waals surface area contributed by atoms with Crippen LogP contribution in [0.3, 0.4) is 0 Å². The Morgan fingerprint density at radius 2 is 1.78 bits per heavy atom. The number of pyridine rings is 1. The molecular formula is C19H13NO3. The second-order valence-electron chi connectivity index (χ2n) is 5.18. The second kappa shape index (κ2) is 5.82. The van der Waals surface area contributed by atoms with Crippen molar-refractivity contribution < 1.29 is 9.90 Å². The minimum atomic E-state index is -1.00. The Morgan fingerprint density at radius 1 is 1.04 bits per heavy atom. The zero-order chi connectivity index (χ0) is 16.4. The number of carboxylic acid groups (broad SMARTS) is 1. The first-order valence-corrected chi connectivity index (χ1v) is 7.02. The van der Waals surface area contributed by atoms with Crippen molar-refractivity contribution in [2.24, 2.45) is 0 Å². The van der Waals surface area contributed by atoms with E-state index in [1.165, 1.54) is 12.1 Å². The molecule has 4 nitrogen and oxygen atoms in total. The number of aromatic amines is 1. The first kappa shape index (κ1) is 14.6. The number of rotatable bonds is 1. The Morgan fingerprint density at radius 3 is 2.57 bits per heavy atom. The average Bonchev–Trinajstić information content (AvgIpc) is 2.54. The van der Waals surface area contributed by atoms with Gasteiger partial charge in [0, 0.05) is 11.1 Å². The van der Waals surface area contributed by atoms with E-state index in [0.717, 1.165) is 16.5 Å². The maximum atomic E-state index is 12.1. The number of para-hydroxylation sites is 1. The van der Waals surface area contributed by atoms with E-state index in [2.05, 4.69) is 16.8 Å². The van der Waals surface area contributed by atoms with Gasteiger partial charge in [-0.3, -0.25) is 4.79 Å². The standard InChI is InChI=1S/C19H13NO3/c1-12-6-7-16(19(22)23)10-13(12)8-9-15-11-14-4-2-3-5-17(14)20-18(15)21/h2-7,10-11H,1H3,(H,20,21)(H,22,23). The quantitative estimate of drug-likeness (QED) is 0.679. The van der Waals surface area contributed by atoms with Crippen LogP contribution in [-0.2, 0) is 0 Å². The van der Waals surface area contributed by atoms with Crippen molar-refractivity contribution in [1.29, 1.82) is 0 Å². The predicted octanol–water partition coefficient (Wildman–Crippen LogP) is 2.93. The third-order valence-corrected chi connectivity index (χ3v) is 3.57. The molecule has 2 N–H and O–H groups in total. The van der Waals surface area contributed by atoms with Gasteiger partial charge >= 0.3 is 5.97 Å². The molecule has 2 aromatic carbocycles. The number of carboxylic acids is 1. The maximum Gasteiger partial charge on any atom is 0.335 e. The second-order valence-corrected chi connectivity index (χ2v) is 5.18. The third kappa shape index (κ3) is 2.99. The molecule has 0 bridgehead atoms. The molecule has 4 heteroatoms. The van der Waals surface area contributed by atoms with E-state index < -0.39 is 5.97 Å². The minimum Gasteiger partial charge on any atom is -0.478 e. The molecule has 0 saturated heterocycles. The molecule has 1 heterocycles. The highest BCUT2D eigenvalue weighted by molar-refractivity contribution is 5.88. The van der Waals surface area contributed by atoms with Crippen LogP contribution in [-0.4, -0.2) is 16.1 Å². The fraction of sp³-hybridized carbons (Fsp3) is 0.0526. The summed E-state index contributed by atoms with van der Waals surface area (Å²) in [6.07, 6.45) is 0. The molecule has 0 unspecified atom stereocenters. The van der Waals surface area contributed by atoms with Crippen molar-refractivity contribution in [3.8, 4) is 11.8 Å². The molecule has 3 rings (SSSR count). The fourth-order valence-corrected chi connectivity index (χ4v) is 2.26. The lowest BCUT2D eigenvalue weighted by atomic mass is 10.0. The number of hydrogen-bond donors (Lipinski definition) is 2. The highest BCUT2D eigenvalue weighted by Crippen LogP contribution is 2.12. The summed E-state index contributed by atoms with van der Waals surface area (Å²) in [5.41, 5.74) is 2.48. The number of benzene rings is 2. The van der Waals surface area contributed by atoms with E-state index in [4.69, 9.17) is 5.11 Å². The molecule has 0 amide bonds. The van der Waals surface area contributed by atoms with Gasteiger partial charge < -0.3 is 10.1 Å². The maximum absolute atomic E-state index is 12.1. The van der Waals surface area contributed by atoms with Crippen LogP contribution in [0, 0.1) is 18.8 Å². The van der Waals surface area contributed by atoms with Crippen molar-refractivity contribution in [3.63, 3.8) is 0 Å². The van der Waals surface area contributed by atoms with Crippen molar-refractivity contribution in [3.05, 3.63) is 81.1 Å². The monoisotopic (exact) mass is 303 g/mol. The lowest BCUT2D eigenvalue weighted by Gasteiger charge is -2.00. The largest absolute Gasteiger partial charge is 0.478 e. The zero-order valence-corrected chi connectivity index (χ0v) is 12.4. The summed E-state index contributed by atoms with van der Waals surface area (Å²) in [7, 11) is 0. The summed E-state index contributed by atoms with van der Waals surface area (Å²) in [5.74, 6) is 4.74. The minimum absolute atomic E-state index is 0.173. The van der Waals surface area contributed by atoms with Crippen LogP contribution in [0.1, 0.15) is 27.0 Å². The molecule has 0 aliphatic rings. The number of aryl methyl sites for hydroxylation is 1. The van der Waals surface area contributed by atoms with E-state index in [0.29, 0.717) is 11.1 Å². The molecule has 23 heavy (non-hydrogen) atoms. The predicted molar refractivity (Wildman–Crippen MR) is 88.7 cm³/mol. The van der Waals surface area contributed by atoms with Crippen LogP contribution in [0.15, 0.2) is 53.3 Å². The third-order valence-electron chi connectivity index (χ3n) is 3.57. The molecule has 0 aliphatic carbocycles. The van der Waals surface area contributed by atoms with Gasteiger partial charge in [0.2, 0.25) is 0 Å². The molecule has 3 aromatic rings. The van der Waals surface area contributed by atoms with Crippen LogP contribution in [0.5, 0.6) is 0 Å². The summed E-state index contributed by atoms with van der Waals surface area (Å²) in [4.78, 5) is 25.9. The van der Waals surface area contributed by atoms with Gasteiger partial charge in [0.25, 0.3) is 5.56 Å². The normalized spacial score (nSPS) is 10.1.